The Balaban J connectivity index is 2.24. The Hall–Kier alpha value is -1.35. The second-order valence-corrected chi connectivity index (χ2v) is 5.73. The lowest BCUT2D eigenvalue weighted by molar-refractivity contribution is -0.128. The minimum atomic E-state index is -0.266. The number of carbonyl (C=O) groups is 1. The number of amides is 1. The van der Waals surface area contributed by atoms with Crippen LogP contribution >= 0.6 is 0 Å². The van der Waals surface area contributed by atoms with Crippen LogP contribution in [0.25, 0.3) is 0 Å². The maximum atomic E-state index is 12.8. The Kier molecular flexibility index (Phi) is 4.25. The number of anilines is 1. The summed E-state index contributed by atoms with van der Waals surface area (Å²) in [7, 11) is 0. The van der Waals surface area contributed by atoms with Gasteiger partial charge in [-0.1, -0.05) is 12.1 Å². The Morgan fingerprint density at radius 1 is 1.47 bits per heavy atom. The highest BCUT2D eigenvalue weighted by Crippen LogP contribution is 2.30. The minimum absolute atomic E-state index is 0.243. The van der Waals surface area contributed by atoms with Crippen molar-refractivity contribution >= 4 is 11.6 Å². The third-order valence-electron chi connectivity index (χ3n) is 3.99. The topological polar surface area (TPSA) is 32.3 Å². The summed E-state index contributed by atoms with van der Waals surface area (Å²) in [5.41, 5.74) is 1.94. The number of hydrogen-bond acceptors (Lipinski definition) is 2. The van der Waals surface area contributed by atoms with E-state index in [9.17, 15) is 4.79 Å². The van der Waals surface area contributed by atoms with Gasteiger partial charge in [-0.05, 0) is 57.9 Å². The highest BCUT2D eigenvalue weighted by atomic mass is 16.2. The molecule has 1 fully saturated rings. The van der Waals surface area contributed by atoms with Crippen molar-refractivity contribution in [2.24, 2.45) is 5.41 Å². The molecule has 19 heavy (non-hydrogen) atoms. The van der Waals surface area contributed by atoms with Crippen LogP contribution in [0.2, 0.25) is 0 Å². The molecule has 0 aliphatic carbocycles. The Morgan fingerprint density at radius 3 is 2.84 bits per heavy atom. The lowest BCUT2D eigenvalue weighted by Gasteiger charge is -2.37. The maximum absolute atomic E-state index is 12.8. The summed E-state index contributed by atoms with van der Waals surface area (Å²) in [5, 5.41) is 3.35. The number of nitrogens with zero attached hydrogens (tertiary/aromatic N) is 1. The van der Waals surface area contributed by atoms with Gasteiger partial charge in [0.2, 0.25) is 5.91 Å². The fourth-order valence-electron chi connectivity index (χ4n) is 2.80. The van der Waals surface area contributed by atoms with Gasteiger partial charge in [0.25, 0.3) is 0 Å². The van der Waals surface area contributed by atoms with E-state index in [1.54, 1.807) is 0 Å². The molecule has 0 saturated carbocycles. The lowest BCUT2D eigenvalue weighted by Crippen LogP contribution is -2.50. The standard InChI is InChI=1S/C16H24N2O/c1-4-18(14-8-5-7-13(2)11-14)15(19)16(3)9-6-10-17-12-16/h5,7-8,11,17H,4,6,9-10,12H2,1-3H3. The van der Waals surface area contributed by atoms with Crippen LogP contribution in [-0.4, -0.2) is 25.5 Å². The first kappa shape index (κ1) is 14.1. The molecule has 0 spiro atoms. The van der Waals surface area contributed by atoms with E-state index >= 15 is 0 Å². The summed E-state index contributed by atoms with van der Waals surface area (Å²) in [6, 6.07) is 8.18. The normalized spacial score (nSPS) is 23.1. The molecule has 1 aliphatic rings. The van der Waals surface area contributed by atoms with Crippen LogP contribution in [0, 0.1) is 12.3 Å². The van der Waals surface area contributed by atoms with E-state index in [0.717, 1.165) is 38.2 Å². The third-order valence-corrected chi connectivity index (χ3v) is 3.99. The molecule has 2 rings (SSSR count). The van der Waals surface area contributed by atoms with Crippen LogP contribution in [-0.2, 0) is 4.79 Å². The van der Waals surface area contributed by atoms with E-state index in [-0.39, 0.29) is 11.3 Å². The van der Waals surface area contributed by atoms with E-state index in [1.807, 2.05) is 24.0 Å². The van der Waals surface area contributed by atoms with Crippen LogP contribution in [0.15, 0.2) is 24.3 Å². The summed E-state index contributed by atoms with van der Waals surface area (Å²) >= 11 is 0. The van der Waals surface area contributed by atoms with Gasteiger partial charge in [0.15, 0.2) is 0 Å². The predicted molar refractivity (Wildman–Crippen MR) is 79.4 cm³/mol. The smallest absolute Gasteiger partial charge is 0.234 e. The SMILES string of the molecule is CCN(C(=O)C1(C)CCCNC1)c1cccc(C)c1. The summed E-state index contributed by atoms with van der Waals surface area (Å²) in [4.78, 5) is 14.8. The van der Waals surface area contributed by atoms with Gasteiger partial charge in [-0.15, -0.1) is 0 Å². The van der Waals surface area contributed by atoms with Gasteiger partial charge in [0.1, 0.15) is 0 Å². The molecule has 1 atom stereocenters. The average molecular weight is 260 g/mol. The van der Waals surface area contributed by atoms with Crippen molar-refractivity contribution in [1.29, 1.82) is 0 Å². The van der Waals surface area contributed by atoms with Gasteiger partial charge in [0.05, 0.1) is 5.41 Å². The van der Waals surface area contributed by atoms with Crippen molar-refractivity contribution in [2.45, 2.75) is 33.6 Å². The first-order chi connectivity index (χ1) is 9.07. The van der Waals surface area contributed by atoms with Gasteiger partial charge >= 0.3 is 0 Å². The summed E-state index contributed by atoms with van der Waals surface area (Å²) < 4.78 is 0. The van der Waals surface area contributed by atoms with E-state index < -0.39 is 0 Å². The first-order valence-corrected chi connectivity index (χ1v) is 7.16. The molecule has 1 aliphatic heterocycles. The molecule has 1 unspecified atom stereocenters. The number of aryl methyl sites for hydroxylation is 1. The maximum Gasteiger partial charge on any atom is 0.234 e. The molecular weight excluding hydrogens is 236 g/mol. The van der Waals surface area contributed by atoms with E-state index in [2.05, 4.69) is 31.3 Å². The third kappa shape index (κ3) is 2.98. The molecule has 1 heterocycles. The highest BCUT2D eigenvalue weighted by Gasteiger charge is 2.37. The number of carbonyl (C=O) groups excluding carboxylic acids is 1. The summed E-state index contributed by atoms with van der Waals surface area (Å²) in [5.74, 6) is 0.243. The average Bonchev–Trinajstić information content (AvgIpc) is 2.40. The van der Waals surface area contributed by atoms with Gasteiger partial charge in [-0.3, -0.25) is 4.79 Å². The molecule has 1 amide bonds. The lowest BCUT2D eigenvalue weighted by atomic mass is 9.81. The van der Waals surface area contributed by atoms with Crippen LogP contribution in [0.4, 0.5) is 5.69 Å². The molecule has 3 nitrogen and oxygen atoms in total. The highest BCUT2D eigenvalue weighted by molar-refractivity contribution is 5.97. The van der Waals surface area contributed by atoms with E-state index in [1.165, 1.54) is 5.56 Å². The van der Waals surface area contributed by atoms with E-state index in [0.29, 0.717) is 0 Å². The van der Waals surface area contributed by atoms with Crippen molar-refractivity contribution in [2.75, 3.05) is 24.5 Å². The Morgan fingerprint density at radius 2 is 2.26 bits per heavy atom. The van der Waals surface area contributed by atoms with Crippen LogP contribution < -0.4 is 10.2 Å². The summed E-state index contributed by atoms with van der Waals surface area (Å²) in [6.07, 6.45) is 2.05. The summed E-state index contributed by atoms with van der Waals surface area (Å²) in [6.45, 7) is 8.72. The molecule has 0 bridgehead atoms. The second kappa shape index (κ2) is 5.74. The van der Waals surface area contributed by atoms with Crippen LogP contribution in [0.1, 0.15) is 32.3 Å². The van der Waals surface area contributed by atoms with Crippen LogP contribution in [0.5, 0.6) is 0 Å². The number of hydrogen-bond donors (Lipinski definition) is 1. The van der Waals surface area contributed by atoms with Gasteiger partial charge in [-0.2, -0.15) is 0 Å². The molecule has 0 aromatic heterocycles. The van der Waals surface area contributed by atoms with Crippen molar-refractivity contribution in [1.82, 2.24) is 5.32 Å². The molecule has 1 aromatic carbocycles. The van der Waals surface area contributed by atoms with Gasteiger partial charge < -0.3 is 10.2 Å². The monoisotopic (exact) mass is 260 g/mol. The number of benzene rings is 1. The fourth-order valence-corrected chi connectivity index (χ4v) is 2.80. The minimum Gasteiger partial charge on any atom is -0.316 e. The number of piperidine rings is 1. The fraction of sp³-hybridized carbons (Fsp3) is 0.562. The van der Waals surface area contributed by atoms with E-state index in [4.69, 9.17) is 0 Å². The molecule has 0 radical (unpaired) electrons. The molecule has 104 valence electrons. The second-order valence-electron chi connectivity index (χ2n) is 5.73. The Labute approximate surface area is 116 Å². The van der Waals surface area contributed by atoms with Crippen LogP contribution in [0.3, 0.4) is 0 Å². The van der Waals surface area contributed by atoms with Crippen molar-refractivity contribution in [3.63, 3.8) is 0 Å². The van der Waals surface area contributed by atoms with Crippen molar-refractivity contribution in [3.8, 4) is 0 Å². The molecule has 1 aromatic rings. The molecular formula is C16H24N2O. The zero-order valence-corrected chi connectivity index (χ0v) is 12.2. The quantitative estimate of drug-likeness (QED) is 0.906. The zero-order chi connectivity index (χ0) is 13.9. The number of rotatable bonds is 3. The first-order valence-electron chi connectivity index (χ1n) is 7.16. The van der Waals surface area contributed by atoms with Gasteiger partial charge in [-0.25, -0.2) is 0 Å². The van der Waals surface area contributed by atoms with Gasteiger partial charge in [0, 0.05) is 18.8 Å². The van der Waals surface area contributed by atoms with Crippen molar-refractivity contribution < 1.29 is 4.79 Å². The zero-order valence-electron chi connectivity index (χ0n) is 12.2. The van der Waals surface area contributed by atoms with Crippen molar-refractivity contribution in [3.05, 3.63) is 29.8 Å². The molecule has 3 heteroatoms. The predicted octanol–water partition coefficient (Wildman–Crippen LogP) is 2.74. The number of nitrogens with one attached hydrogen (secondary N) is 1. The molecule has 1 N–H and O–H groups in total. The Bertz CT molecular complexity index is 450. The molecule has 1 saturated heterocycles. The largest absolute Gasteiger partial charge is 0.316 e.